The maximum absolute atomic E-state index is 12.4. The van der Waals surface area contributed by atoms with Gasteiger partial charge in [-0.15, -0.1) is 10.2 Å². The van der Waals surface area contributed by atoms with Gasteiger partial charge in [0.2, 0.25) is 11.8 Å². The minimum atomic E-state index is -0.260. The van der Waals surface area contributed by atoms with Gasteiger partial charge in [-0.3, -0.25) is 9.59 Å². The summed E-state index contributed by atoms with van der Waals surface area (Å²) in [4.78, 5) is 24.6. The number of anilines is 2. The van der Waals surface area contributed by atoms with Gasteiger partial charge in [0.25, 0.3) is 0 Å². The zero-order valence-electron chi connectivity index (χ0n) is 16.4. The molecule has 162 valence electrons. The minimum absolute atomic E-state index is 0.0299. The number of carbonyl (C=O) groups is 2. The number of hydrogen-bond donors (Lipinski definition) is 2. The van der Waals surface area contributed by atoms with E-state index in [2.05, 4.69) is 20.8 Å². The van der Waals surface area contributed by atoms with Crippen LogP contribution in [0.1, 0.15) is 12.7 Å². The summed E-state index contributed by atoms with van der Waals surface area (Å²) in [5.41, 5.74) is 1.08. The molecule has 2 N–H and O–H groups in total. The van der Waals surface area contributed by atoms with Gasteiger partial charge >= 0.3 is 0 Å². The zero-order valence-corrected chi connectivity index (χ0v) is 19.4. The van der Waals surface area contributed by atoms with E-state index in [0.717, 1.165) is 0 Å². The van der Waals surface area contributed by atoms with Crippen molar-refractivity contribution >= 4 is 69.8 Å². The van der Waals surface area contributed by atoms with Gasteiger partial charge in [0.15, 0.2) is 5.16 Å². The van der Waals surface area contributed by atoms with Crippen LogP contribution in [0.5, 0.6) is 0 Å². The number of carbonyl (C=O) groups excluding carboxylic acids is 2. The molecule has 2 amide bonds. The van der Waals surface area contributed by atoms with Crippen molar-refractivity contribution in [2.75, 3.05) is 16.4 Å². The quantitative estimate of drug-likeness (QED) is 0.418. The average Bonchev–Trinajstić information content (AvgIpc) is 3.12. The number of thioether (sulfide) groups is 1. The summed E-state index contributed by atoms with van der Waals surface area (Å²) in [6, 6.07) is 11.8. The number of para-hydroxylation sites is 1. The Morgan fingerprint density at radius 3 is 2.45 bits per heavy atom. The fraction of sp³-hybridized carbons (Fsp3) is 0.200. The summed E-state index contributed by atoms with van der Waals surface area (Å²) in [5.74, 6) is 0.125. The number of aromatic nitrogens is 3. The van der Waals surface area contributed by atoms with E-state index < -0.39 is 0 Å². The van der Waals surface area contributed by atoms with Crippen molar-refractivity contribution in [1.29, 1.82) is 0 Å². The smallest absolute Gasteiger partial charge is 0.234 e. The van der Waals surface area contributed by atoms with E-state index in [4.69, 9.17) is 34.8 Å². The molecule has 31 heavy (non-hydrogen) atoms. The molecule has 1 aromatic heterocycles. The van der Waals surface area contributed by atoms with Gasteiger partial charge in [-0.1, -0.05) is 58.7 Å². The topological polar surface area (TPSA) is 88.9 Å². The van der Waals surface area contributed by atoms with Gasteiger partial charge in [0.1, 0.15) is 5.82 Å². The van der Waals surface area contributed by atoms with Gasteiger partial charge in [0.05, 0.1) is 32.9 Å². The monoisotopic (exact) mass is 497 g/mol. The largest absolute Gasteiger partial charge is 0.325 e. The molecule has 0 spiro atoms. The van der Waals surface area contributed by atoms with Gasteiger partial charge in [0, 0.05) is 12.2 Å². The van der Waals surface area contributed by atoms with Crippen molar-refractivity contribution in [2.24, 2.45) is 0 Å². The number of nitrogens with one attached hydrogen (secondary N) is 2. The van der Waals surface area contributed by atoms with E-state index in [-0.39, 0.29) is 24.0 Å². The molecule has 0 radical (unpaired) electrons. The normalized spacial score (nSPS) is 10.7. The SMILES string of the molecule is CCn1c(CC(=O)Nc2ccccc2Cl)nnc1SCC(=O)Nc1ccc(Cl)c(Cl)c1. The van der Waals surface area contributed by atoms with Gasteiger partial charge in [-0.2, -0.15) is 0 Å². The van der Waals surface area contributed by atoms with Crippen LogP contribution in [0.4, 0.5) is 11.4 Å². The molecule has 3 rings (SSSR count). The number of nitrogens with zero attached hydrogens (tertiary/aromatic N) is 3. The minimum Gasteiger partial charge on any atom is -0.325 e. The van der Waals surface area contributed by atoms with E-state index in [9.17, 15) is 9.59 Å². The molecule has 0 atom stereocenters. The molecule has 0 fully saturated rings. The van der Waals surface area contributed by atoms with Crippen LogP contribution in [0.25, 0.3) is 0 Å². The molecule has 11 heteroatoms. The highest BCUT2D eigenvalue weighted by Gasteiger charge is 2.16. The highest BCUT2D eigenvalue weighted by atomic mass is 35.5. The van der Waals surface area contributed by atoms with Crippen LogP contribution in [0.2, 0.25) is 15.1 Å². The Balaban J connectivity index is 1.59. The van der Waals surface area contributed by atoms with E-state index in [1.54, 1.807) is 47.0 Å². The van der Waals surface area contributed by atoms with Crippen molar-refractivity contribution < 1.29 is 9.59 Å². The first kappa shape index (κ1) is 23.4. The molecule has 0 bridgehead atoms. The molecule has 2 aromatic carbocycles. The molecular weight excluding hydrogens is 481 g/mol. The van der Waals surface area contributed by atoms with Crippen LogP contribution < -0.4 is 10.6 Å². The molecule has 1 heterocycles. The summed E-state index contributed by atoms with van der Waals surface area (Å²) in [5, 5.41) is 15.5. The lowest BCUT2D eigenvalue weighted by atomic mass is 10.3. The van der Waals surface area contributed by atoms with Crippen LogP contribution in [-0.2, 0) is 22.6 Å². The first-order valence-electron chi connectivity index (χ1n) is 9.21. The van der Waals surface area contributed by atoms with Crippen molar-refractivity contribution in [1.82, 2.24) is 14.8 Å². The van der Waals surface area contributed by atoms with Crippen LogP contribution in [-0.4, -0.2) is 32.3 Å². The van der Waals surface area contributed by atoms with E-state index in [1.807, 2.05) is 6.92 Å². The Hall–Kier alpha value is -2.26. The zero-order chi connectivity index (χ0) is 22.4. The molecule has 0 aliphatic carbocycles. The van der Waals surface area contributed by atoms with E-state index >= 15 is 0 Å². The lowest BCUT2D eigenvalue weighted by Gasteiger charge is -2.09. The Bertz CT molecular complexity index is 1110. The molecule has 0 saturated carbocycles. The second-order valence-electron chi connectivity index (χ2n) is 6.31. The predicted molar refractivity (Wildman–Crippen MR) is 125 cm³/mol. The van der Waals surface area contributed by atoms with Crippen molar-refractivity contribution in [3.05, 3.63) is 63.4 Å². The summed E-state index contributed by atoms with van der Waals surface area (Å²) >= 11 is 19.1. The molecular formula is C20H18Cl3N5O2S. The second-order valence-corrected chi connectivity index (χ2v) is 8.48. The highest BCUT2D eigenvalue weighted by Crippen LogP contribution is 2.25. The number of amides is 2. The van der Waals surface area contributed by atoms with Crippen LogP contribution in [0.15, 0.2) is 47.6 Å². The van der Waals surface area contributed by atoms with Gasteiger partial charge in [-0.25, -0.2) is 0 Å². The second kappa shape index (κ2) is 10.9. The molecule has 0 aliphatic rings. The number of hydrogen-bond acceptors (Lipinski definition) is 5. The number of halogens is 3. The van der Waals surface area contributed by atoms with Crippen LogP contribution in [0, 0.1) is 0 Å². The molecule has 0 unspecified atom stereocenters. The third-order valence-electron chi connectivity index (χ3n) is 4.11. The van der Waals surface area contributed by atoms with E-state index in [0.29, 0.717) is 44.0 Å². The Morgan fingerprint density at radius 2 is 1.74 bits per heavy atom. The Kier molecular flexibility index (Phi) is 8.20. The van der Waals surface area contributed by atoms with Crippen molar-refractivity contribution in [3.8, 4) is 0 Å². The molecule has 7 nitrogen and oxygen atoms in total. The lowest BCUT2D eigenvalue weighted by molar-refractivity contribution is -0.116. The Labute approximate surface area is 198 Å². The first-order chi connectivity index (χ1) is 14.9. The standard InChI is InChI=1S/C20H18Cl3N5O2S/c1-2-28-17(10-18(29)25-16-6-4-3-5-14(16)22)26-27-20(28)31-11-19(30)24-12-7-8-13(21)15(23)9-12/h3-9H,2,10-11H2,1H3,(H,24,30)(H,25,29). The lowest BCUT2D eigenvalue weighted by Crippen LogP contribution is -2.18. The van der Waals surface area contributed by atoms with Crippen LogP contribution >= 0.6 is 46.6 Å². The first-order valence-corrected chi connectivity index (χ1v) is 11.3. The summed E-state index contributed by atoms with van der Waals surface area (Å²) in [6.45, 7) is 2.47. The molecule has 0 aliphatic heterocycles. The van der Waals surface area contributed by atoms with Gasteiger partial charge in [-0.05, 0) is 37.3 Å². The molecule has 3 aromatic rings. The molecule has 0 saturated heterocycles. The number of rotatable bonds is 8. The highest BCUT2D eigenvalue weighted by molar-refractivity contribution is 7.99. The Morgan fingerprint density at radius 1 is 0.968 bits per heavy atom. The maximum Gasteiger partial charge on any atom is 0.234 e. The van der Waals surface area contributed by atoms with E-state index in [1.165, 1.54) is 11.8 Å². The fourth-order valence-electron chi connectivity index (χ4n) is 2.68. The predicted octanol–water partition coefficient (Wildman–Crippen LogP) is 5.17. The fourth-order valence-corrected chi connectivity index (χ4v) is 3.98. The maximum atomic E-state index is 12.4. The third-order valence-corrected chi connectivity index (χ3v) is 6.15. The number of benzene rings is 2. The third kappa shape index (κ3) is 6.36. The summed E-state index contributed by atoms with van der Waals surface area (Å²) in [7, 11) is 0. The van der Waals surface area contributed by atoms with Gasteiger partial charge < -0.3 is 15.2 Å². The summed E-state index contributed by atoms with van der Waals surface area (Å²) < 4.78 is 1.79. The van der Waals surface area contributed by atoms with Crippen molar-refractivity contribution in [2.45, 2.75) is 25.0 Å². The van der Waals surface area contributed by atoms with Crippen molar-refractivity contribution in [3.63, 3.8) is 0 Å². The van der Waals surface area contributed by atoms with Crippen LogP contribution in [0.3, 0.4) is 0 Å². The summed E-state index contributed by atoms with van der Waals surface area (Å²) in [6.07, 6.45) is 0.0299. The average molecular weight is 499 g/mol.